The summed E-state index contributed by atoms with van der Waals surface area (Å²) in [6.07, 6.45) is -4.71. The molecule has 3 amide bonds. The lowest BCUT2D eigenvalue weighted by molar-refractivity contribution is -0.137. The first kappa shape index (κ1) is 27.8. The molecule has 0 bridgehead atoms. The van der Waals surface area contributed by atoms with Gasteiger partial charge in [0, 0.05) is 11.4 Å². The zero-order valence-corrected chi connectivity index (χ0v) is 21.2. The largest absolute Gasteiger partial charge is 0.416 e. The molecule has 0 saturated carbocycles. The fraction of sp³-hybridized carbons (Fsp3) is 0.0800. The van der Waals surface area contributed by atoms with Crippen molar-refractivity contribution in [2.24, 2.45) is 5.14 Å². The number of imide groups is 1. The number of nitrogens with two attached hydrogens (primary N) is 1. The van der Waals surface area contributed by atoms with E-state index >= 15 is 0 Å². The first-order chi connectivity index (χ1) is 18.2. The minimum atomic E-state index is -4.67. The van der Waals surface area contributed by atoms with E-state index in [-0.39, 0.29) is 22.7 Å². The van der Waals surface area contributed by atoms with Crippen molar-refractivity contribution in [3.05, 3.63) is 94.7 Å². The number of hydrogen-bond acceptors (Lipinski definition) is 6. The highest BCUT2D eigenvalue weighted by molar-refractivity contribution is 7.89. The number of anilines is 3. The molecule has 0 aromatic heterocycles. The normalized spacial score (nSPS) is 14.1. The Kier molecular flexibility index (Phi) is 7.50. The summed E-state index contributed by atoms with van der Waals surface area (Å²) in [7, 11) is -3.86. The minimum Gasteiger partial charge on any atom is -0.350 e. The van der Waals surface area contributed by atoms with Crippen LogP contribution in [0.4, 0.5) is 30.2 Å². The highest BCUT2D eigenvalue weighted by Crippen LogP contribution is 2.35. The molecule has 0 saturated heterocycles. The van der Waals surface area contributed by atoms with Crippen LogP contribution in [0.3, 0.4) is 0 Å². The summed E-state index contributed by atoms with van der Waals surface area (Å²) in [5.74, 6) is -2.30. The molecule has 0 unspecified atom stereocenters. The number of sulfonamides is 1. The molecule has 9 nitrogen and oxygen atoms in total. The molecule has 1 aliphatic heterocycles. The third-order valence-electron chi connectivity index (χ3n) is 5.51. The van der Waals surface area contributed by atoms with Crippen molar-refractivity contribution < 1.29 is 36.0 Å². The van der Waals surface area contributed by atoms with Gasteiger partial charge in [0.25, 0.3) is 11.8 Å². The van der Waals surface area contributed by atoms with Gasteiger partial charge in [-0.15, -0.1) is 0 Å². The van der Waals surface area contributed by atoms with Crippen LogP contribution in [0.1, 0.15) is 11.1 Å². The molecule has 1 aliphatic rings. The second kappa shape index (κ2) is 10.5. The van der Waals surface area contributed by atoms with E-state index < -0.39 is 44.5 Å². The lowest BCUT2D eigenvalue weighted by atomic mass is 10.1. The standard InChI is InChI=1S/C25H18ClF3N4O5S/c26-21-22(24(36)33(23(21)35)18-3-1-2-15(13-18)25(27,28)29)32-17-6-4-14(5-7-17)12-20(34)31-16-8-10-19(11-9-16)39(30,37)38/h1-11,13,32H,12H2,(H,31,34)(H2,30,37,38). The van der Waals surface area contributed by atoms with Crippen LogP contribution in [0.25, 0.3) is 0 Å². The molecular formula is C25H18ClF3N4O5S. The Labute approximate surface area is 225 Å². The number of carbonyl (C=O) groups is 3. The maximum atomic E-state index is 13.1. The number of hydrogen-bond donors (Lipinski definition) is 3. The molecule has 1 heterocycles. The number of halogens is 4. The van der Waals surface area contributed by atoms with Gasteiger partial charge >= 0.3 is 6.18 Å². The van der Waals surface area contributed by atoms with E-state index in [1.807, 2.05) is 0 Å². The number of nitrogens with one attached hydrogen (secondary N) is 2. The Balaban J connectivity index is 1.41. The van der Waals surface area contributed by atoms with Crippen LogP contribution >= 0.6 is 11.6 Å². The highest BCUT2D eigenvalue weighted by atomic mass is 35.5. The lowest BCUT2D eigenvalue weighted by Gasteiger charge is -2.17. The monoisotopic (exact) mass is 578 g/mol. The number of amides is 3. The molecular weight excluding hydrogens is 561 g/mol. The fourth-order valence-corrected chi connectivity index (χ4v) is 4.36. The topological polar surface area (TPSA) is 139 Å². The molecule has 4 rings (SSSR count). The van der Waals surface area contributed by atoms with E-state index in [4.69, 9.17) is 16.7 Å². The van der Waals surface area contributed by atoms with Crippen LogP contribution in [-0.4, -0.2) is 26.1 Å². The van der Waals surface area contributed by atoms with Gasteiger partial charge in [-0.05, 0) is 60.2 Å². The summed E-state index contributed by atoms with van der Waals surface area (Å²) < 4.78 is 61.9. The van der Waals surface area contributed by atoms with Gasteiger partial charge in [0.2, 0.25) is 15.9 Å². The minimum absolute atomic E-state index is 0.0403. The molecule has 4 N–H and O–H groups in total. The number of primary sulfonamides is 1. The van der Waals surface area contributed by atoms with Crippen molar-refractivity contribution in [3.8, 4) is 0 Å². The summed E-state index contributed by atoms with van der Waals surface area (Å²) in [5.41, 5.74) is -0.347. The molecule has 0 atom stereocenters. The molecule has 3 aromatic rings. The maximum absolute atomic E-state index is 13.1. The Bertz CT molecular complexity index is 1610. The van der Waals surface area contributed by atoms with Gasteiger partial charge < -0.3 is 10.6 Å². The number of alkyl halides is 3. The van der Waals surface area contributed by atoms with Crippen LogP contribution in [0.2, 0.25) is 0 Å². The first-order valence-electron chi connectivity index (χ1n) is 11.0. The van der Waals surface area contributed by atoms with E-state index in [1.165, 1.54) is 42.5 Å². The van der Waals surface area contributed by atoms with Crippen LogP contribution in [0, 0.1) is 0 Å². The van der Waals surface area contributed by atoms with Crippen LogP contribution in [0.15, 0.2) is 88.4 Å². The number of nitrogens with zero attached hydrogens (tertiary/aromatic N) is 1. The van der Waals surface area contributed by atoms with E-state index in [0.717, 1.165) is 12.1 Å². The lowest BCUT2D eigenvalue weighted by Crippen LogP contribution is -2.32. The molecule has 39 heavy (non-hydrogen) atoms. The van der Waals surface area contributed by atoms with Gasteiger partial charge in [0.05, 0.1) is 22.6 Å². The quantitative estimate of drug-likeness (QED) is 0.363. The fourth-order valence-electron chi connectivity index (χ4n) is 3.64. The zero-order valence-electron chi connectivity index (χ0n) is 19.6. The van der Waals surface area contributed by atoms with Gasteiger partial charge in [-0.3, -0.25) is 14.4 Å². The molecule has 202 valence electrons. The average Bonchev–Trinajstić information content (AvgIpc) is 3.07. The van der Waals surface area contributed by atoms with Crippen LogP contribution in [0.5, 0.6) is 0 Å². The van der Waals surface area contributed by atoms with E-state index in [2.05, 4.69) is 10.6 Å². The van der Waals surface area contributed by atoms with Gasteiger partial charge in [-0.1, -0.05) is 29.8 Å². The third-order valence-corrected chi connectivity index (χ3v) is 6.79. The summed E-state index contributed by atoms with van der Waals surface area (Å²) in [6, 6.07) is 15.2. The van der Waals surface area contributed by atoms with E-state index in [9.17, 15) is 36.0 Å². The predicted octanol–water partition coefficient (Wildman–Crippen LogP) is 3.97. The summed E-state index contributed by atoms with van der Waals surface area (Å²) >= 11 is 6.05. The summed E-state index contributed by atoms with van der Waals surface area (Å²) in [6.45, 7) is 0. The predicted molar refractivity (Wildman–Crippen MR) is 137 cm³/mol. The van der Waals surface area contributed by atoms with Crippen LogP contribution < -0.4 is 20.7 Å². The molecule has 14 heteroatoms. The van der Waals surface area contributed by atoms with Gasteiger partial charge in [-0.2, -0.15) is 13.2 Å². The zero-order chi connectivity index (χ0) is 28.5. The SMILES string of the molecule is NS(=O)(=O)c1ccc(NC(=O)Cc2ccc(NC3=C(Cl)C(=O)N(c4cccc(C(F)(F)F)c4)C3=O)cc2)cc1. The third kappa shape index (κ3) is 6.28. The van der Waals surface area contributed by atoms with Crippen molar-refractivity contribution in [3.63, 3.8) is 0 Å². The van der Waals surface area contributed by atoms with Crippen LogP contribution in [-0.2, 0) is 37.0 Å². The molecule has 0 fully saturated rings. The number of benzene rings is 3. The van der Waals surface area contributed by atoms with Gasteiger partial charge in [0.1, 0.15) is 10.7 Å². The van der Waals surface area contributed by atoms with Gasteiger partial charge in [0.15, 0.2) is 0 Å². The first-order valence-corrected chi connectivity index (χ1v) is 12.9. The molecule has 0 radical (unpaired) electrons. The second-order valence-corrected chi connectivity index (χ2v) is 10.2. The summed E-state index contributed by atoms with van der Waals surface area (Å²) in [5, 5.41) is 9.88. The molecule has 0 spiro atoms. The van der Waals surface area contributed by atoms with Gasteiger partial charge in [-0.25, -0.2) is 18.5 Å². The van der Waals surface area contributed by atoms with Crippen molar-refractivity contribution in [1.82, 2.24) is 0 Å². The molecule has 3 aromatic carbocycles. The Morgan fingerprint density at radius 2 is 1.54 bits per heavy atom. The maximum Gasteiger partial charge on any atom is 0.416 e. The Hall–Kier alpha value is -4.20. The van der Waals surface area contributed by atoms with Crippen molar-refractivity contribution >= 4 is 56.4 Å². The smallest absolute Gasteiger partial charge is 0.350 e. The number of rotatable bonds is 7. The van der Waals surface area contributed by atoms with E-state index in [0.29, 0.717) is 27.9 Å². The van der Waals surface area contributed by atoms with E-state index in [1.54, 1.807) is 12.1 Å². The Morgan fingerprint density at radius 1 is 0.923 bits per heavy atom. The summed E-state index contributed by atoms with van der Waals surface area (Å²) in [4.78, 5) is 38.3. The second-order valence-electron chi connectivity index (χ2n) is 8.30. The average molecular weight is 579 g/mol. The van der Waals surface area contributed by atoms with Crippen molar-refractivity contribution in [2.45, 2.75) is 17.5 Å². The number of carbonyl (C=O) groups excluding carboxylic acids is 3. The Morgan fingerprint density at radius 3 is 2.13 bits per heavy atom. The van der Waals surface area contributed by atoms with Crippen molar-refractivity contribution in [2.75, 3.05) is 15.5 Å². The highest BCUT2D eigenvalue weighted by Gasteiger charge is 2.40. The van der Waals surface area contributed by atoms with Crippen molar-refractivity contribution in [1.29, 1.82) is 0 Å². The molecule has 0 aliphatic carbocycles.